The second kappa shape index (κ2) is 4.98. The summed E-state index contributed by atoms with van der Waals surface area (Å²) < 4.78 is 0. The van der Waals surface area contributed by atoms with Crippen molar-refractivity contribution in [3.05, 3.63) is 48.3 Å². The highest BCUT2D eigenvalue weighted by atomic mass is 16.1. The van der Waals surface area contributed by atoms with Crippen LogP contribution >= 0.6 is 0 Å². The molecule has 0 saturated carbocycles. The van der Waals surface area contributed by atoms with Gasteiger partial charge in [-0.1, -0.05) is 32.9 Å². The highest BCUT2D eigenvalue weighted by molar-refractivity contribution is 6.01. The summed E-state index contributed by atoms with van der Waals surface area (Å²) in [5.74, 6) is 0.0460. The van der Waals surface area contributed by atoms with E-state index in [-0.39, 0.29) is 5.78 Å². The Hall–Kier alpha value is -2.62. The molecule has 0 aliphatic rings. The van der Waals surface area contributed by atoms with Crippen LogP contribution < -0.4 is 5.73 Å². The summed E-state index contributed by atoms with van der Waals surface area (Å²) in [6.45, 7) is 5.70. The molecule has 2 heterocycles. The van der Waals surface area contributed by atoms with Crippen molar-refractivity contribution < 1.29 is 4.79 Å². The molecule has 0 spiro atoms. The van der Waals surface area contributed by atoms with Crippen LogP contribution in [0.4, 0.5) is 5.69 Å². The summed E-state index contributed by atoms with van der Waals surface area (Å²) in [6, 6.07) is 11.5. The second-order valence-corrected chi connectivity index (χ2v) is 6.54. The Bertz CT molecular complexity index is 839. The van der Waals surface area contributed by atoms with Gasteiger partial charge in [-0.15, -0.1) is 0 Å². The number of nitrogens with one attached hydrogen (secondary N) is 1. The number of hydrogen-bond donors (Lipinski definition) is 2. The van der Waals surface area contributed by atoms with E-state index in [2.05, 4.69) is 9.97 Å². The maximum Gasteiger partial charge on any atom is 0.186 e. The van der Waals surface area contributed by atoms with Crippen LogP contribution in [0.2, 0.25) is 0 Å². The number of carbonyl (C=O) groups excluding carboxylic acids is 1. The van der Waals surface area contributed by atoms with Crippen LogP contribution in [0.5, 0.6) is 0 Å². The van der Waals surface area contributed by atoms with Gasteiger partial charge >= 0.3 is 0 Å². The fourth-order valence-electron chi connectivity index (χ4n) is 2.36. The molecular weight excluding hydrogens is 274 g/mol. The van der Waals surface area contributed by atoms with Crippen LogP contribution in [0, 0.1) is 5.41 Å². The predicted molar refractivity (Wildman–Crippen MR) is 89.7 cm³/mol. The van der Waals surface area contributed by atoms with E-state index in [4.69, 9.17) is 5.73 Å². The van der Waals surface area contributed by atoms with E-state index < -0.39 is 5.41 Å². The molecule has 4 heteroatoms. The number of anilines is 1. The highest BCUT2D eigenvalue weighted by Crippen LogP contribution is 2.26. The fourth-order valence-corrected chi connectivity index (χ4v) is 2.36. The third-order valence-electron chi connectivity index (χ3n) is 3.64. The quantitative estimate of drug-likeness (QED) is 0.553. The molecule has 0 atom stereocenters. The maximum absolute atomic E-state index is 12.3. The maximum atomic E-state index is 12.3. The zero-order chi connectivity index (χ0) is 15.9. The first-order chi connectivity index (χ1) is 10.3. The summed E-state index contributed by atoms with van der Waals surface area (Å²) in [5, 5.41) is 0.981. The first kappa shape index (κ1) is 14.3. The topological polar surface area (TPSA) is 71.8 Å². The van der Waals surface area contributed by atoms with Crippen molar-refractivity contribution in [1.29, 1.82) is 0 Å². The number of carbonyl (C=O) groups is 1. The minimum absolute atomic E-state index is 0.0460. The van der Waals surface area contributed by atoms with E-state index in [1.54, 1.807) is 6.20 Å². The lowest BCUT2D eigenvalue weighted by molar-refractivity contribution is 0.0853. The molecule has 0 amide bonds. The van der Waals surface area contributed by atoms with Gasteiger partial charge in [0.25, 0.3) is 0 Å². The van der Waals surface area contributed by atoms with Crippen molar-refractivity contribution in [3.63, 3.8) is 0 Å². The van der Waals surface area contributed by atoms with Gasteiger partial charge in [0.15, 0.2) is 5.78 Å². The van der Waals surface area contributed by atoms with Crippen LogP contribution in [-0.4, -0.2) is 15.8 Å². The Morgan fingerprint density at radius 2 is 1.82 bits per heavy atom. The monoisotopic (exact) mass is 293 g/mol. The van der Waals surface area contributed by atoms with Crippen molar-refractivity contribution in [2.45, 2.75) is 20.8 Å². The number of hydrogen-bond acceptors (Lipinski definition) is 3. The number of rotatable bonds is 2. The number of H-pyrrole nitrogens is 1. The summed E-state index contributed by atoms with van der Waals surface area (Å²) in [5.41, 5.74) is 9.47. The average molecular weight is 293 g/mol. The van der Waals surface area contributed by atoms with Gasteiger partial charge in [0.05, 0.1) is 11.7 Å². The van der Waals surface area contributed by atoms with Gasteiger partial charge in [0.1, 0.15) is 5.69 Å². The van der Waals surface area contributed by atoms with E-state index in [0.717, 1.165) is 27.8 Å². The first-order valence-corrected chi connectivity index (χ1v) is 7.24. The van der Waals surface area contributed by atoms with E-state index in [0.29, 0.717) is 5.69 Å². The number of ketones is 1. The van der Waals surface area contributed by atoms with Gasteiger partial charge in [0.2, 0.25) is 0 Å². The van der Waals surface area contributed by atoms with Crippen molar-refractivity contribution in [1.82, 2.24) is 9.97 Å². The molecule has 3 N–H and O–H groups in total. The Labute approximate surface area is 129 Å². The van der Waals surface area contributed by atoms with Gasteiger partial charge < -0.3 is 10.7 Å². The molecule has 0 aliphatic heterocycles. The van der Waals surface area contributed by atoms with Crippen LogP contribution in [-0.2, 0) is 0 Å². The minimum Gasteiger partial charge on any atom is -0.399 e. The number of Topliss-reactive ketones (excluding diaryl/α,β-unsaturated/α-hetero) is 1. The number of aromatic amines is 1. The van der Waals surface area contributed by atoms with Crippen molar-refractivity contribution in [3.8, 4) is 11.3 Å². The number of benzene rings is 1. The highest BCUT2D eigenvalue weighted by Gasteiger charge is 2.24. The molecule has 3 rings (SSSR count). The van der Waals surface area contributed by atoms with Gasteiger partial charge in [0, 0.05) is 22.2 Å². The molecular formula is C18H19N3O. The van der Waals surface area contributed by atoms with Crippen LogP contribution in [0.1, 0.15) is 31.3 Å². The van der Waals surface area contributed by atoms with Crippen LogP contribution in [0.15, 0.2) is 42.6 Å². The standard InChI is InChI=1S/C18H19N3O/c1-18(2,3)17(22)15-9-12-8-14(21-16(12)10-20-15)11-4-6-13(19)7-5-11/h4-10,21H,19H2,1-3H3. The lowest BCUT2D eigenvalue weighted by Gasteiger charge is -2.15. The largest absolute Gasteiger partial charge is 0.399 e. The number of fused-ring (bicyclic) bond motifs is 1. The molecule has 0 unspecified atom stereocenters. The van der Waals surface area contributed by atoms with Gasteiger partial charge in [-0.25, -0.2) is 0 Å². The van der Waals surface area contributed by atoms with E-state index in [1.165, 1.54) is 0 Å². The summed E-state index contributed by atoms with van der Waals surface area (Å²) in [7, 11) is 0. The minimum atomic E-state index is -0.434. The van der Waals surface area contributed by atoms with Gasteiger partial charge in [-0.3, -0.25) is 9.78 Å². The Balaban J connectivity index is 2.04. The first-order valence-electron chi connectivity index (χ1n) is 7.24. The fraction of sp³-hybridized carbons (Fsp3) is 0.222. The van der Waals surface area contributed by atoms with Crippen LogP contribution in [0.3, 0.4) is 0 Å². The number of pyridine rings is 1. The SMILES string of the molecule is CC(C)(C)C(=O)c1cc2cc(-c3ccc(N)cc3)[nH]c2cn1. The van der Waals surface area contributed by atoms with Gasteiger partial charge in [-0.2, -0.15) is 0 Å². The molecule has 0 radical (unpaired) electrons. The Morgan fingerprint density at radius 1 is 1.14 bits per heavy atom. The van der Waals surface area contributed by atoms with E-state index in [9.17, 15) is 4.79 Å². The summed E-state index contributed by atoms with van der Waals surface area (Å²) in [4.78, 5) is 20.0. The molecule has 2 aromatic heterocycles. The molecule has 0 fully saturated rings. The molecule has 4 nitrogen and oxygen atoms in total. The normalized spacial score (nSPS) is 11.8. The van der Waals surface area contributed by atoms with Crippen molar-refractivity contribution in [2.75, 3.05) is 5.73 Å². The summed E-state index contributed by atoms with van der Waals surface area (Å²) >= 11 is 0. The second-order valence-electron chi connectivity index (χ2n) is 6.54. The molecule has 22 heavy (non-hydrogen) atoms. The lowest BCUT2D eigenvalue weighted by atomic mass is 9.88. The molecule has 0 saturated heterocycles. The molecule has 0 bridgehead atoms. The third kappa shape index (κ3) is 2.60. The zero-order valence-electron chi connectivity index (χ0n) is 13.0. The predicted octanol–water partition coefficient (Wildman–Crippen LogP) is 4.04. The Morgan fingerprint density at radius 3 is 2.45 bits per heavy atom. The molecule has 0 aliphatic carbocycles. The number of nitrogens with two attached hydrogens (primary N) is 1. The van der Waals surface area contributed by atoms with Gasteiger partial charge in [-0.05, 0) is 29.8 Å². The molecule has 1 aromatic carbocycles. The number of nitrogens with zero attached hydrogens (tertiary/aromatic N) is 1. The van der Waals surface area contributed by atoms with E-state index in [1.807, 2.05) is 57.2 Å². The smallest absolute Gasteiger partial charge is 0.186 e. The van der Waals surface area contributed by atoms with Crippen molar-refractivity contribution in [2.24, 2.45) is 5.41 Å². The van der Waals surface area contributed by atoms with Crippen LogP contribution in [0.25, 0.3) is 22.2 Å². The number of nitrogen functional groups attached to an aromatic ring is 1. The third-order valence-corrected chi connectivity index (χ3v) is 3.64. The summed E-state index contributed by atoms with van der Waals surface area (Å²) in [6.07, 6.45) is 1.72. The zero-order valence-corrected chi connectivity index (χ0v) is 13.0. The molecule has 3 aromatic rings. The number of aromatic nitrogens is 2. The molecule has 112 valence electrons. The Kier molecular flexibility index (Phi) is 3.24. The van der Waals surface area contributed by atoms with Crippen molar-refractivity contribution >= 4 is 22.4 Å². The average Bonchev–Trinajstić information content (AvgIpc) is 2.89. The lowest BCUT2D eigenvalue weighted by Crippen LogP contribution is -2.21. The van der Waals surface area contributed by atoms with E-state index >= 15 is 0 Å².